The first-order chi connectivity index (χ1) is 8.84. The minimum Gasteiger partial charge on any atom is -0.348 e. The molecule has 0 aliphatic carbocycles. The molecule has 0 fully saturated rings. The number of rotatable bonds is 5. The fourth-order valence-corrected chi connectivity index (χ4v) is 1.84. The van der Waals surface area contributed by atoms with E-state index in [9.17, 15) is 13.6 Å². The summed E-state index contributed by atoms with van der Waals surface area (Å²) in [6.45, 7) is 5.23. The Morgan fingerprint density at radius 2 is 1.95 bits per heavy atom. The van der Waals surface area contributed by atoms with Crippen molar-refractivity contribution in [2.45, 2.75) is 45.2 Å². The standard InChI is InChI=1S/C14H20F2N2O/c1-4-14(17,5-2)13(19)18-9(3)11-8-10(15)6-7-12(11)16/h6-9H,4-5,17H2,1-3H3,(H,18,19). The van der Waals surface area contributed by atoms with Crippen LogP contribution in [-0.4, -0.2) is 11.4 Å². The largest absolute Gasteiger partial charge is 0.348 e. The molecule has 0 bridgehead atoms. The number of carbonyl (C=O) groups is 1. The Hall–Kier alpha value is -1.49. The highest BCUT2D eigenvalue weighted by molar-refractivity contribution is 5.86. The molecule has 1 aromatic carbocycles. The van der Waals surface area contributed by atoms with Gasteiger partial charge in [-0.1, -0.05) is 13.8 Å². The average Bonchev–Trinajstić information content (AvgIpc) is 2.40. The van der Waals surface area contributed by atoms with Gasteiger partial charge in [-0.15, -0.1) is 0 Å². The number of nitrogens with one attached hydrogen (secondary N) is 1. The van der Waals surface area contributed by atoms with Crippen LogP contribution >= 0.6 is 0 Å². The number of amides is 1. The Morgan fingerprint density at radius 1 is 1.37 bits per heavy atom. The minimum absolute atomic E-state index is 0.114. The zero-order valence-electron chi connectivity index (χ0n) is 11.5. The Bertz CT molecular complexity index is 459. The van der Waals surface area contributed by atoms with Crippen LogP contribution in [0.2, 0.25) is 0 Å². The van der Waals surface area contributed by atoms with Gasteiger partial charge in [0.1, 0.15) is 11.6 Å². The van der Waals surface area contributed by atoms with E-state index < -0.39 is 23.2 Å². The van der Waals surface area contributed by atoms with E-state index in [1.807, 2.05) is 13.8 Å². The molecule has 106 valence electrons. The SMILES string of the molecule is CCC(N)(CC)C(=O)NC(C)c1cc(F)ccc1F. The number of halogens is 2. The van der Waals surface area contributed by atoms with Crippen LogP contribution in [0.25, 0.3) is 0 Å². The van der Waals surface area contributed by atoms with Crippen molar-refractivity contribution in [2.75, 3.05) is 0 Å². The maximum absolute atomic E-state index is 13.6. The van der Waals surface area contributed by atoms with E-state index in [2.05, 4.69) is 5.32 Å². The van der Waals surface area contributed by atoms with Crippen LogP contribution in [0.4, 0.5) is 8.78 Å². The summed E-state index contributed by atoms with van der Waals surface area (Å²) in [5, 5.41) is 2.64. The van der Waals surface area contributed by atoms with Crippen molar-refractivity contribution in [3.63, 3.8) is 0 Å². The second-order valence-electron chi connectivity index (χ2n) is 4.72. The maximum atomic E-state index is 13.6. The predicted molar refractivity (Wildman–Crippen MR) is 70.4 cm³/mol. The van der Waals surface area contributed by atoms with Gasteiger partial charge in [0.2, 0.25) is 5.91 Å². The van der Waals surface area contributed by atoms with Crippen molar-refractivity contribution in [3.8, 4) is 0 Å². The van der Waals surface area contributed by atoms with Crippen molar-refractivity contribution in [1.82, 2.24) is 5.32 Å². The molecule has 0 radical (unpaired) electrons. The van der Waals surface area contributed by atoms with E-state index in [1.54, 1.807) is 6.92 Å². The highest BCUT2D eigenvalue weighted by Gasteiger charge is 2.31. The molecular weight excluding hydrogens is 250 g/mol. The van der Waals surface area contributed by atoms with Gasteiger partial charge in [-0.25, -0.2) is 8.78 Å². The molecule has 0 aliphatic heterocycles. The summed E-state index contributed by atoms with van der Waals surface area (Å²) < 4.78 is 26.7. The lowest BCUT2D eigenvalue weighted by atomic mass is 9.92. The van der Waals surface area contributed by atoms with E-state index in [-0.39, 0.29) is 11.5 Å². The van der Waals surface area contributed by atoms with Crippen molar-refractivity contribution in [2.24, 2.45) is 5.73 Å². The number of benzene rings is 1. The first-order valence-corrected chi connectivity index (χ1v) is 6.38. The normalized spacial score (nSPS) is 13.2. The zero-order valence-corrected chi connectivity index (χ0v) is 11.5. The summed E-state index contributed by atoms with van der Waals surface area (Å²) in [5.41, 5.74) is 5.09. The third-order valence-electron chi connectivity index (χ3n) is 3.49. The molecule has 3 N–H and O–H groups in total. The molecule has 0 saturated carbocycles. The molecule has 1 unspecified atom stereocenters. The average molecular weight is 270 g/mol. The maximum Gasteiger partial charge on any atom is 0.240 e. The lowest BCUT2D eigenvalue weighted by Gasteiger charge is -2.27. The lowest BCUT2D eigenvalue weighted by molar-refractivity contribution is -0.127. The Labute approximate surface area is 112 Å². The van der Waals surface area contributed by atoms with Crippen LogP contribution in [0.1, 0.15) is 45.2 Å². The third kappa shape index (κ3) is 3.50. The van der Waals surface area contributed by atoms with Gasteiger partial charge in [0, 0.05) is 5.56 Å². The van der Waals surface area contributed by atoms with Gasteiger partial charge in [-0.3, -0.25) is 4.79 Å². The van der Waals surface area contributed by atoms with Gasteiger partial charge in [-0.2, -0.15) is 0 Å². The quantitative estimate of drug-likeness (QED) is 0.864. The van der Waals surface area contributed by atoms with E-state index in [1.165, 1.54) is 0 Å². The molecule has 1 rings (SSSR count). The van der Waals surface area contributed by atoms with E-state index in [4.69, 9.17) is 5.73 Å². The zero-order chi connectivity index (χ0) is 14.6. The van der Waals surface area contributed by atoms with E-state index in [0.717, 1.165) is 18.2 Å². The molecule has 5 heteroatoms. The van der Waals surface area contributed by atoms with Crippen LogP contribution in [0.3, 0.4) is 0 Å². The molecule has 0 saturated heterocycles. The van der Waals surface area contributed by atoms with E-state index in [0.29, 0.717) is 12.8 Å². The van der Waals surface area contributed by atoms with Crippen molar-refractivity contribution in [3.05, 3.63) is 35.4 Å². The Morgan fingerprint density at radius 3 is 2.47 bits per heavy atom. The topological polar surface area (TPSA) is 55.1 Å². The molecular formula is C14H20F2N2O. The summed E-state index contributed by atoms with van der Waals surface area (Å²) in [6.07, 6.45) is 0.960. The molecule has 0 spiro atoms. The minimum atomic E-state index is -0.974. The van der Waals surface area contributed by atoms with Gasteiger partial charge >= 0.3 is 0 Å². The molecule has 1 amide bonds. The van der Waals surface area contributed by atoms with Gasteiger partial charge in [0.15, 0.2) is 0 Å². The molecule has 3 nitrogen and oxygen atoms in total. The Balaban J connectivity index is 2.88. The van der Waals surface area contributed by atoms with Gasteiger partial charge in [0.05, 0.1) is 11.6 Å². The van der Waals surface area contributed by atoms with Crippen LogP contribution in [0.5, 0.6) is 0 Å². The molecule has 19 heavy (non-hydrogen) atoms. The second kappa shape index (κ2) is 6.10. The summed E-state index contributed by atoms with van der Waals surface area (Å²) in [6, 6.07) is 2.53. The fourth-order valence-electron chi connectivity index (χ4n) is 1.84. The van der Waals surface area contributed by atoms with Crippen molar-refractivity contribution in [1.29, 1.82) is 0 Å². The smallest absolute Gasteiger partial charge is 0.240 e. The number of nitrogens with two attached hydrogens (primary N) is 1. The fraction of sp³-hybridized carbons (Fsp3) is 0.500. The number of hydrogen-bond acceptors (Lipinski definition) is 2. The highest BCUT2D eigenvalue weighted by Crippen LogP contribution is 2.20. The summed E-state index contributed by atoms with van der Waals surface area (Å²) in [4.78, 5) is 12.1. The highest BCUT2D eigenvalue weighted by atomic mass is 19.1. The van der Waals surface area contributed by atoms with Crippen LogP contribution in [0.15, 0.2) is 18.2 Å². The van der Waals surface area contributed by atoms with Crippen LogP contribution in [-0.2, 0) is 4.79 Å². The molecule has 1 atom stereocenters. The summed E-state index contributed by atoms with van der Waals surface area (Å²) in [5.74, 6) is -1.44. The second-order valence-corrected chi connectivity index (χ2v) is 4.72. The van der Waals surface area contributed by atoms with Gasteiger partial charge in [-0.05, 0) is 38.0 Å². The monoisotopic (exact) mass is 270 g/mol. The van der Waals surface area contributed by atoms with E-state index >= 15 is 0 Å². The van der Waals surface area contributed by atoms with Crippen LogP contribution < -0.4 is 11.1 Å². The van der Waals surface area contributed by atoms with Crippen molar-refractivity contribution >= 4 is 5.91 Å². The lowest BCUT2D eigenvalue weighted by Crippen LogP contribution is -2.53. The summed E-state index contributed by atoms with van der Waals surface area (Å²) in [7, 11) is 0. The predicted octanol–water partition coefficient (Wildman–Crippen LogP) is 2.66. The molecule has 0 aromatic heterocycles. The van der Waals surface area contributed by atoms with Gasteiger partial charge < -0.3 is 11.1 Å². The van der Waals surface area contributed by atoms with Crippen LogP contribution in [0, 0.1) is 11.6 Å². The summed E-state index contributed by atoms with van der Waals surface area (Å²) >= 11 is 0. The molecule has 0 aliphatic rings. The molecule has 1 aromatic rings. The number of carbonyl (C=O) groups excluding carboxylic acids is 1. The first kappa shape index (κ1) is 15.6. The number of hydrogen-bond donors (Lipinski definition) is 2. The Kier molecular flexibility index (Phi) is 5.00. The third-order valence-corrected chi connectivity index (χ3v) is 3.49. The van der Waals surface area contributed by atoms with Gasteiger partial charge in [0.25, 0.3) is 0 Å². The first-order valence-electron chi connectivity index (χ1n) is 6.38. The van der Waals surface area contributed by atoms with Crippen molar-refractivity contribution < 1.29 is 13.6 Å². The molecule has 0 heterocycles.